The summed E-state index contributed by atoms with van der Waals surface area (Å²) in [6, 6.07) is 2.08. The van der Waals surface area contributed by atoms with Crippen LogP contribution in [0.4, 0.5) is 0 Å². The van der Waals surface area contributed by atoms with Gasteiger partial charge in [0.25, 0.3) is 0 Å². The zero-order valence-corrected chi connectivity index (χ0v) is 11.8. The fourth-order valence-electron chi connectivity index (χ4n) is 1.75. The van der Waals surface area contributed by atoms with E-state index in [2.05, 4.69) is 0 Å². The molecule has 0 bridgehead atoms. The minimum absolute atomic E-state index is 0.0807. The van der Waals surface area contributed by atoms with Crippen molar-refractivity contribution in [1.29, 1.82) is 0 Å². The lowest BCUT2D eigenvalue weighted by atomic mass is 10.1. The Morgan fingerprint density at radius 3 is 2.72 bits per heavy atom. The van der Waals surface area contributed by atoms with Crippen LogP contribution in [0, 0.1) is 0 Å². The van der Waals surface area contributed by atoms with Crippen LogP contribution in [0.2, 0.25) is 0 Å². The number of hydrogen-bond donors (Lipinski definition) is 1. The topological polar surface area (TPSA) is 45.5 Å². The van der Waals surface area contributed by atoms with Crippen molar-refractivity contribution >= 4 is 5.91 Å². The van der Waals surface area contributed by atoms with E-state index in [1.807, 2.05) is 50.8 Å². The van der Waals surface area contributed by atoms with Crippen LogP contribution >= 0.6 is 0 Å². The zero-order valence-electron chi connectivity index (χ0n) is 11.8. The summed E-state index contributed by atoms with van der Waals surface area (Å²) in [6.45, 7) is 6.35. The summed E-state index contributed by atoms with van der Waals surface area (Å²) in [4.78, 5) is 13.6. The highest BCUT2D eigenvalue weighted by Crippen LogP contribution is 2.18. The van der Waals surface area contributed by atoms with E-state index >= 15 is 0 Å². The van der Waals surface area contributed by atoms with Crippen LogP contribution in [0.3, 0.4) is 0 Å². The van der Waals surface area contributed by atoms with Crippen molar-refractivity contribution in [2.24, 2.45) is 0 Å². The fraction of sp³-hybridized carbons (Fsp3) is 0.643. The van der Waals surface area contributed by atoms with Gasteiger partial charge in [-0.2, -0.15) is 0 Å². The van der Waals surface area contributed by atoms with E-state index in [4.69, 9.17) is 0 Å². The molecule has 0 spiro atoms. The van der Waals surface area contributed by atoms with Gasteiger partial charge in [0.15, 0.2) is 0 Å². The first kappa shape index (κ1) is 14.8. The van der Waals surface area contributed by atoms with Crippen LogP contribution in [0.15, 0.2) is 18.5 Å². The number of nitrogens with zero attached hydrogens (tertiary/aromatic N) is 2. The van der Waals surface area contributed by atoms with Gasteiger partial charge in [0.05, 0.1) is 6.10 Å². The second-order valence-corrected chi connectivity index (χ2v) is 5.02. The molecule has 0 aliphatic heterocycles. The van der Waals surface area contributed by atoms with Gasteiger partial charge in [0.2, 0.25) is 5.91 Å². The number of carbonyl (C=O) groups is 1. The first-order valence-electron chi connectivity index (χ1n) is 6.55. The van der Waals surface area contributed by atoms with Crippen molar-refractivity contribution in [1.82, 2.24) is 9.47 Å². The van der Waals surface area contributed by atoms with Gasteiger partial charge in [0, 0.05) is 25.5 Å². The lowest BCUT2D eigenvalue weighted by Crippen LogP contribution is -2.35. The third kappa shape index (κ3) is 3.88. The molecule has 102 valence electrons. The molecule has 0 aliphatic carbocycles. The SMILES string of the molecule is CCCC(O)c1ccn(CC(=O)N(C)C(C)C)c1. The van der Waals surface area contributed by atoms with Crippen molar-refractivity contribution in [2.75, 3.05) is 7.05 Å². The maximum atomic E-state index is 11.9. The van der Waals surface area contributed by atoms with Gasteiger partial charge >= 0.3 is 0 Å². The van der Waals surface area contributed by atoms with Crippen molar-refractivity contribution < 1.29 is 9.90 Å². The highest BCUT2D eigenvalue weighted by atomic mass is 16.3. The summed E-state index contributed by atoms with van der Waals surface area (Å²) in [5.41, 5.74) is 0.886. The number of carbonyl (C=O) groups excluding carboxylic acids is 1. The molecule has 0 fully saturated rings. The number of aromatic nitrogens is 1. The molecule has 0 saturated carbocycles. The molecule has 1 aromatic rings. The number of aliphatic hydroxyl groups is 1. The van der Waals surface area contributed by atoms with Gasteiger partial charge in [-0.05, 0) is 31.9 Å². The second-order valence-electron chi connectivity index (χ2n) is 5.02. The lowest BCUT2D eigenvalue weighted by molar-refractivity contribution is -0.131. The quantitative estimate of drug-likeness (QED) is 0.843. The van der Waals surface area contributed by atoms with Crippen molar-refractivity contribution in [2.45, 2.75) is 52.3 Å². The highest BCUT2D eigenvalue weighted by molar-refractivity contribution is 5.76. The molecular weight excluding hydrogens is 228 g/mol. The summed E-state index contributed by atoms with van der Waals surface area (Å²) in [5, 5.41) is 9.86. The first-order valence-corrected chi connectivity index (χ1v) is 6.55. The van der Waals surface area contributed by atoms with E-state index in [-0.39, 0.29) is 11.9 Å². The summed E-state index contributed by atoms with van der Waals surface area (Å²) >= 11 is 0. The van der Waals surface area contributed by atoms with Crippen LogP contribution < -0.4 is 0 Å². The van der Waals surface area contributed by atoms with E-state index in [1.165, 1.54) is 0 Å². The molecule has 4 heteroatoms. The second kappa shape index (κ2) is 6.59. The number of amides is 1. The summed E-state index contributed by atoms with van der Waals surface area (Å²) in [7, 11) is 1.81. The Kier molecular flexibility index (Phi) is 5.41. The molecule has 1 heterocycles. The number of aliphatic hydroxyl groups excluding tert-OH is 1. The minimum Gasteiger partial charge on any atom is -0.388 e. The molecule has 18 heavy (non-hydrogen) atoms. The van der Waals surface area contributed by atoms with Crippen LogP contribution in [0.25, 0.3) is 0 Å². The monoisotopic (exact) mass is 252 g/mol. The van der Waals surface area contributed by atoms with Crippen LogP contribution in [-0.2, 0) is 11.3 Å². The minimum atomic E-state index is -0.422. The Morgan fingerprint density at radius 1 is 1.50 bits per heavy atom. The third-order valence-electron chi connectivity index (χ3n) is 3.21. The molecule has 1 atom stereocenters. The zero-order chi connectivity index (χ0) is 13.7. The molecule has 1 rings (SSSR count). The third-order valence-corrected chi connectivity index (χ3v) is 3.21. The maximum absolute atomic E-state index is 11.9. The van der Waals surface area contributed by atoms with Crippen molar-refractivity contribution in [3.8, 4) is 0 Å². The highest BCUT2D eigenvalue weighted by Gasteiger charge is 2.13. The molecular formula is C14H24N2O2. The summed E-state index contributed by atoms with van der Waals surface area (Å²) in [6.07, 6.45) is 4.98. The predicted octanol–water partition coefficient (Wildman–Crippen LogP) is 2.19. The Morgan fingerprint density at radius 2 is 2.17 bits per heavy atom. The average molecular weight is 252 g/mol. The summed E-state index contributed by atoms with van der Waals surface area (Å²) in [5.74, 6) is 0.0807. The molecule has 1 aromatic heterocycles. The van der Waals surface area contributed by atoms with Crippen LogP contribution in [0.1, 0.15) is 45.3 Å². The predicted molar refractivity (Wildman–Crippen MR) is 72.2 cm³/mol. The van der Waals surface area contributed by atoms with Gasteiger partial charge in [-0.25, -0.2) is 0 Å². The molecule has 4 nitrogen and oxygen atoms in total. The molecule has 0 aliphatic rings. The summed E-state index contributed by atoms with van der Waals surface area (Å²) < 4.78 is 1.83. The number of hydrogen-bond acceptors (Lipinski definition) is 2. The van der Waals surface area contributed by atoms with Gasteiger partial charge < -0.3 is 14.6 Å². The average Bonchev–Trinajstić information content (AvgIpc) is 2.76. The Hall–Kier alpha value is -1.29. The largest absolute Gasteiger partial charge is 0.388 e. The lowest BCUT2D eigenvalue weighted by Gasteiger charge is -2.21. The maximum Gasteiger partial charge on any atom is 0.242 e. The van der Waals surface area contributed by atoms with E-state index in [0.29, 0.717) is 6.54 Å². The van der Waals surface area contributed by atoms with E-state index in [1.54, 1.807) is 4.90 Å². The Balaban J connectivity index is 2.61. The molecule has 0 saturated heterocycles. The van der Waals surface area contributed by atoms with Gasteiger partial charge in [-0.1, -0.05) is 13.3 Å². The first-order chi connectivity index (χ1) is 8.45. The van der Waals surface area contributed by atoms with Crippen molar-refractivity contribution in [3.63, 3.8) is 0 Å². The standard InChI is InChI=1S/C14H24N2O2/c1-5-6-13(17)12-7-8-16(9-12)10-14(18)15(4)11(2)3/h7-9,11,13,17H,5-6,10H2,1-4H3. The van der Waals surface area contributed by atoms with Gasteiger partial charge in [-0.3, -0.25) is 4.79 Å². The Bertz CT molecular complexity index is 385. The fourth-order valence-corrected chi connectivity index (χ4v) is 1.75. The van der Waals surface area contributed by atoms with Crippen molar-refractivity contribution in [3.05, 3.63) is 24.0 Å². The van der Waals surface area contributed by atoms with E-state index in [9.17, 15) is 9.90 Å². The number of rotatable bonds is 6. The van der Waals surface area contributed by atoms with E-state index < -0.39 is 6.10 Å². The molecule has 1 N–H and O–H groups in total. The van der Waals surface area contributed by atoms with Crippen LogP contribution in [-0.4, -0.2) is 33.6 Å². The van der Waals surface area contributed by atoms with Gasteiger partial charge in [-0.15, -0.1) is 0 Å². The molecule has 1 amide bonds. The van der Waals surface area contributed by atoms with Gasteiger partial charge in [0.1, 0.15) is 6.54 Å². The Labute approximate surface area is 109 Å². The van der Waals surface area contributed by atoms with E-state index in [0.717, 1.165) is 18.4 Å². The van der Waals surface area contributed by atoms with Crippen LogP contribution in [0.5, 0.6) is 0 Å². The molecule has 0 aromatic carbocycles. The molecule has 1 unspecified atom stereocenters. The number of likely N-dealkylation sites (N-methyl/N-ethyl adjacent to an activating group) is 1. The molecule has 0 radical (unpaired) electrons. The smallest absolute Gasteiger partial charge is 0.242 e. The normalized spacial score (nSPS) is 12.8.